The number of morpholine rings is 1. The molecule has 22 rings (SSSR count). The van der Waals surface area contributed by atoms with Gasteiger partial charge in [0.15, 0.2) is 0 Å². The number of aromatic amines is 4. The van der Waals surface area contributed by atoms with Gasteiger partial charge in [-0.25, -0.2) is 9.07 Å². The van der Waals surface area contributed by atoms with Crippen LogP contribution in [0.1, 0.15) is 222 Å². The number of hydrogen-bond acceptors (Lipinski definition) is 19. The minimum atomic E-state index is -0.672. The molecule has 4 atom stereocenters. The smallest absolute Gasteiger partial charge is 0.256 e. The molecule has 0 aliphatic carbocycles. The van der Waals surface area contributed by atoms with Crippen LogP contribution in [0.5, 0.6) is 0 Å². The molecular weight excluding hydrogens is 2010 g/mol. The number of aliphatic hydroxyl groups is 4. The number of amides is 8. The number of aromatic nitrogens is 7. The van der Waals surface area contributed by atoms with Gasteiger partial charge < -0.3 is 101 Å². The van der Waals surface area contributed by atoms with Crippen LogP contribution in [-0.2, 0) is 49.6 Å². The molecule has 12 aliphatic heterocycles. The first-order valence-electron chi connectivity index (χ1n) is 51.0. The Balaban J connectivity index is 0.000000128. The summed E-state index contributed by atoms with van der Waals surface area (Å²) in [4.78, 5) is 135. The molecule has 5 aromatic heterocycles. The van der Waals surface area contributed by atoms with Crippen LogP contribution in [0.3, 0.4) is 0 Å². The third-order valence-electron chi connectivity index (χ3n) is 29.8. The lowest BCUT2D eigenvalue weighted by atomic mass is 10.0. The number of piperidine rings is 3. The summed E-state index contributed by atoms with van der Waals surface area (Å²) < 4.78 is 23.7. The van der Waals surface area contributed by atoms with E-state index in [0.29, 0.717) is 175 Å². The molecule has 146 heavy (non-hydrogen) atoms. The number of anilines is 4. The third-order valence-corrected chi connectivity index (χ3v) is 31.2. The Labute approximate surface area is 870 Å². The average Bonchev–Trinajstić information content (AvgIpc) is 1.59. The summed E-state index contributed by atoms with van der Waals surface area (Å²) in [7, 11) is 0. The van der Waals surface area contributed by atoms with Crippen molar-refractivity contribution in [3.8, 4) is 5.69 Å². The molecule has 12 aliphatic rings. The molecule has 8 amide bonds. The van der Waals surface area contributed by atoms with Crippen LogP contribution < -0.4 is 21.3 Å². The summed E-state index contributed by atoms with van der Waals surface area (Å²) in [5, 5.41) is 63.5. The van der Waals surface area contributed by atoms with E-state index in [1.54, 1.807) is 43.9 Å². The van der Waals surface area contributed by atoms with Crippen molar-refractivity contribution in [1.82, 2.24) is 74.1 Å². The number of ether oxygens (including phenoxy) is 1. The number of H-pyrrole nitrogens is 4. The Bertz CT molecular complexity index is 6620. The largest absolute Gasteiger partial charge is 0.390 e. The van der Waals surface area contributed by atoms with Crippen molar-refractivity contribution in [3.05, 3.63) is 223 Å². The van der Waals surface area contributed by atoms with Crippen molar-refractivity contribution < 1.29 is 67.9 Å². The molecule has 12 N–H and O–H groups in total. The highest BCUT2D eigenvalue weighted by Crippen LogP contribution is 2.45. The quantitative estimate of drug-likeness (QED) is 0.0297. The maximum Gasteiger partial charge on any atom is 0.256 e. The van der Waals surface area contributed by atoms with Gasteiger partial charge in [0.05, 0.1) is 105 Å². The molecule has 4 fully saturated rings. The monoisotopic (exact) mass is 2140 g/mol. The van der Waals surface area contributed by atoms with Crippen LogP contribution in [-0.4, -0.2) is 310 Å². The number of hydrogen-bond donors (Lipinski definition) is 12. The highest BCUT2D eigenvalue weighted by Gasteiger charge is 2.40. The summed E-state index contributed by atoms with van der Waals surface area (Å²) in [5.74, 6) is -1.66. The molecule has 4 saturated heterocycles. The first-order valence-corrected chi connectivity index (χ1v) is 52.9. The van der Waals surface area contributed by atoms with Crippen molar-refractivity contribution in [2.75, 3.05) is 165 Å². The van der Waals surface area contributed by atoms with E-state index in [1.807, 2.05) is 107 Å². The van der Waals surface area contributed by atoms with Gasteiger partial charge in [-0.3, -0.25) is 43.3 Å². The summed E-state index contributed by atoms with van der Waals surface area (Å²) in [6.07, 6.45) is 21.8. The number of halogens is 4. The normalized spacial score (nSPS) is 20.1. The van der Waals surface area contributed by atoms with Crippen molar-refractivity contribution in [2.24, 2.45) is 0 Å². The van der Waals surface area contributed by atoms with Gasteiger partial charge in [0.25, 0.3) is 47.3 Å². The molecule has 0 saturated carbocycles. The van der Waals surface area contributed by atoms with Crippen LogP contribution in [0.4, 0.5) is 27.1 Å². The molecule has 32 nitrogen and oxygen atoms in total. The van der Waals surface area contributed by atoms with Gasteiger partial charge in [-0.05, 0) is 270 Å². The third kappa shape index (κ3) is 22.7. The van der Waals surface area contributed by atoms with Crippen LogP contribution >= 0.6 is 43.5 Å². The van der Waals surface area contributed by atoms with Crippen molar-refractivity contribution in [1.29, 1.82) is 0 Å². The lowest BCUT2D eigenvalue weighted by Gasteiger charge is -2.31. The fourth-order valence-corrected chi connectivity index (χ4v) is 23.6. The number of carbonyl (C=O) groups is 8. The summed E-state index contributed by atoms with van der Waals surface area (Å²) in [5.41, 5.74) is 21.5. The van der Waals surface area contributed by atoms with Crippen LogP contribution in [0.2, 0.25) is 5.02 Å². The molecule has 0 unspecified atom stereocenters. The van der Waals surface area contributed by atoms with Gasteiger partial charge in [0.2, 0.25) is 0 Å². The lowest BCUT2D eigenvalue weighted by Crippen LogP contribution is -2.46. The van der Waals surface area contributed by atoms with E-state index in [2.05, 4.69) is 103 Å². The van der Waals surface area contributed by atoms with E-state index >= 15 is 0 Å². The molecule has 36 heteroatoms. The predicted octanol–water partition coefficient (Wildman–Crippen LogP) is 14.7. The van der Waals surface area contributed by atoms with Gasteiger partial charge in [0.1, 0.15) is 11.3 Å². The van der Waals surface area contributed by atoms with E-state index in [4.69, 9.17) is 16.3 Å². The highest BCUT2D eigenvalue weighted by molar-refractivity contribution is 9.10. The van der Waals surface area contributed by atoms with E-state index in [9.17, 15) is 63.2 Å². The van der Waals surface area contributed by atoms with Crippen LogP contribution in [0, 0.1) is 33.5 Å². The zero-order chi connectivity index (χ0) is 101. The first-order chi connectivity index (χ1) is 70.1. The Kier molecular flexibility index (Phi) is 32.7. The number of aryl methyl sites for hydroxylation is 4. The first kappa shape index (κ1) is 104. The van der Waals surface area contributed by atoms with Crippen molar-refractivity contribution >= 4 is 171 Å². The maximum absolute atomic E-state index is 15.0. The van der Waals surface area contributed by atoms with E-state index in [1.165, 1.54) is 74.6 Å². The fraction of sp³-hybridized carbons (Fsp3) is 0.436. The topological polar surface area (TPSA) is 395 Å². The second-order valence-corrected chi connectivity index (χ2v) is 42.2. The number of nitrogens with one attached hydrogen (secondary N) is 8. The molecule has 0 bridgehead atoms. The van der Waals surface area contributed by atoms with Crippen LogP contribution in [0.15, 0.2) is 99.9 Å². The summed E-state index contributed by atoms with van der Waals surface area (Å²) in [6.45, 7) is 22.6. The number of nitrogens with zero attached hydrogens (tertiary/aromatic N) is 11. The highest BCUT2D eigenvalue weighted by atomic mass is 79.9. The SMILES string of the molecule is C.Cc1c(/C=C2\C(=O)Nc3c2cc(F)cc3-n2nnc3ccccc32)[nH]c2c1C(=O)N(C[C@@H](O)CN1CCOCC1)CCC2.Cc1c(/C=C2\C(=O)Nc3ccc(Br)cc32)[nH]c2c1C(=O)N(C[C@@H](O)CN1CCCCC1)CCC2.Cc1c(/C=C2\C(=O)Nc3ccc(Cl)cc32)[nH]c2c1C(=O)N(C[C@@H](O)CN1CCCCC1)CCC2.Cc1c(/C=C2\C(=O)Nc3cccc(Br)c32)[nH]c2c1C(=O)N(C[C@@H](O)CN1CCCCC1)CCC2. The molecule has 770 valence electrons. The number of β-amino-alcohol motifs (C(OH)–C–C–N with tert-alkyl or cyclic N) is 4. The Morgan fingerprint density at radius 1 is 0.397 bits per heavy atom. The van der Waals surface area contributed by atoms with E-state index in [-0.39, 0.29) is 66.8 Å². The number of fused-ring (bicyclic) bond motifs is 9. The zero-order valence-electron chi connectivity index (χ0n) is 82.3. The second-order valence-electron chi connectivity index (χ2n) is 40.0. The Morgan fingerprint density at radius 3 is 1.21 bits per heavy atom. The summed E-state index contributed by atoms with van der Waals surface area (Å²) in [6, 6.07) is 26.7. The lowest BCUT2D eigenvalue weighted by molar-refractivity contribution is -0.111. The average molecular weight is 2140 g/mol. The molecular formula is C110H129Br2ClFN19O13. The van der Waals surface area contributed by atoms with Crippen LogP contribution in [0.25, 0.3) is 63.3 Å². The standard InChI is InChI=1S/C31H32FN7O4.2C26H31BrN4O3.C26H31ClN4O3.CH4/c1-18-25(33-24-6-4-8-38(31(42)28(18)24)17-20(40)16-37-9-11-43-12-10-37)15-22-21-13-19(32)14-27(29(21)34-30(22)41)39-26-7-3-2-5-23(26)35-36-39;1-16-22(13-18-24-19(27)7-5-8-21(24)29-25(18)33)28-20-9-6-12-31(26(34)23(16)20)15-17(32)14-30-10-3-2-4-11-30;2*1-16-23(13-20-19-12-17(27)7-8-21(19)29-25(20)33)28-22-6-5-11-31(26(34)24(16)22)15-18(32)14-30-9-3-2-4-10-30;/h2-3,5,7,13-15,20,33,40H,4,6,8-12,16-17H2,1H3,(H,34,41);5,7-8,13,17,28,32H,2-4,6,9-12,14-15H2,1H3,(H,29,33);2*7-8,12-13,18,28,32H,2-6,9-11,14-15H2,1H3,(H,29,33);1H4/b22-15-;18-13-;2*20-13-;/t20-;17-;2*18-;/m0000./s1. The molecule has 5 aromatic carbocycles. The number of likely N-dealkylation sites (tertiary alicyclic amines) is 3. The molecule has 17 heterocycles. The van der Waals surface area contributed by atoms with Gasteiger partial charge in [-0.2, -0.15) is 0 Å². The number of aliphatic hydroxyl groups excluding tert-OH is 4. The number of benzene rings is 5. The number of carbonyl (C=O) groups excluding carboxylic acids is 8. The molecule has 0 spiro atoms. The van der Waals surface area contributed by atoms with E-state index < -0.39 is 30.2 Å². The van der Waals surface area contributed by atoms with Crippen molar-refractivity contribution in [2.45, 2.75) is 169 Å². The fourth-order valence-electron chi connectivity index (χ4n) is 22.5. The van der Waals surface area contributed by atoms with Gasteiger partial charge >= 0.3 is 0 Å². The van der Waals surface area contributed by atoms with Gasteiger partial charge in [-0.15, -0.1) is 5.10 Å². The minimum Gasteiger partial charge on any atom is -0.390 e. The van der Waals surface area contributed by atoms with Crippen molar-refractivity contribution in [3.63, 3.8) is 0 Å². The molecule has 0 radical (unpaired) electrons. The minimum absolute atomic E-state index is 0. The summed E-state index contributed by atoms with van der Waals surface area (Å²) >= 11 is 13.2. The Hall–Kier alpha value is -11.8. The Morgan fingerprint density at radius 2 is 0.774 bits per heavy atom. The zero-order valence-corrected chi connectivity index (χ0v) is 86.2. The predicted molar refractivity (Wildman–Crippen MR) is 572 cm³/mol. The van der Waals surface area contributed by atoms with Gasteiger partial charge in [-0.1, -0.05) is 93.6 Å². The maximum atomic E-state index is 15.0. The molecule has 10 aromatic rings. The number of rotatable bonds is 21. The van der Waals surface area contributed by atoms with E-state index in [0.717, 1.165) is 197 Å². The second kappa shape index (κ2) is 45.9. The van der Waals surface area contributed by atoms with Gasteiger partial charge in [0, 0.05) is 191 Å². The number of para-hydroxylation sites is 1.